The van der Waals surface area contributed by atoms with Crippen LogP contribution in [0.25, 0.3) is 0 Å². The molecular formula is C4H9Br2PS. The van der Waals surface area contributed by atoms with E-state index >= 15 is 0 Å². The van der Waals surface area contributed by atoms with Crippen LogP contribution in [0.2, 0.25) is 0 Å². The molecule has 0 aliphatic heterocycles. The van der Waals surface area contributed by atoms with Gasteiger partial charge in [-0.25, -0.2) is 0 Å². The molecule has 0 aromatic heterocycles. The molecule has 0 rings (SSSR count). The van der Waals surface area contributed by atoms with E-state index in [9.17, 15) is 0 Å². The van der Waals surface area contributed by atoms with Crippen molar-refractivity contribution in [1.82, 2.24) is 0 Å². The molecule has 0 fully saturated rings. The Morgan fingerprint density at radius 3 is 1.38 bits per heavy atom. The molecule has 8 heavy (non-hydrogen) atoms. The summed E-state index contributed by atoms with van der Waals surface area (Å²) in [6.45, 7) is 6.37. The van der Waals surface area contributed by atoms with Crippen LogP contribution >= 0.6 is 34.4 Å². The van der Waals surface area contributed by atoms with E-state index in [0.717, 1.165) is 0 Å². The minimum Gasteiger partial charge on any atom is -0.0727 e. The molecule has 0 aliphatic rings. The molecule has 0 radical (unpaired) electrons. The van der Waals surface area contributed by atoms with Gasteiger partial charge in [0.1, 0.15) is 0 Å². The van der Waals surface area contributed by atoms with Gasteiger partial charge in [-0.05, 0) is 31.0 Å². The zero-order valence-electron chi connectivity index (χ0n) is 5.11. The standard InChI is InChI=1S/C4H9Br2PS/c1-4(2,3)7(5,6)8/h1-3H3. The fourth-order valence-corrected chi connectivity index (χ4v) is 0. The predicted octanol–water partition coefficient (Wildman–Crippen LogP) is 3.88. The molecule has 0 aromatic carbocycles. The SMILES string of the molecule is CC(C)(C)P(=S)(Br)Br. The smallest absolute Gasteiger partial charge is 0.0727 e. The molecule has 50 valence electrons. The number of hydrogen-bond acceptors (Lipinski definition) is 1. The molecule has 0 amide bonds. The highest BCUT2D eigenvalue weighted by Gasteiger charge is 2.25. The highest BCUT2D eigenvalue weighted by Crippen LogP contribution is 2.70. The van der Waals surface area contributed by atoms with Gasteiger partial charge in [-0.15, -0.1) is 0 Å². The van der Waals surface area contributed by atoms with Crippen LogP contribution in [0.5, 0.6) is 0 Å². The Hall–Kier alpha value is 1.61. The molecule has 0 N–H and O–H groups in total. The van der Waals surface area contributed by atoms with Crippen LogP contribution in [0, 0.1) is 0 Å². The molecule has 0 nitrogen and oxygen atoms in total. The molecule has 4 heteroatoms. The van der Waals surface area contributed by atoms with Gasteiger partial charge >= 0.3 is 0 Å². The molecule has 0 heterocycles. The molecule has 0 aromatic rings. The summed E-state index contributed by atoms with van der Waals surface area (Å²) in [6.07, 6.45) is 0. The van der Waals surface area contributed by atoms with Crippen molar-refractivity contribution in [3.8, 4) is 0 Å². The van der Waals surface area contributed by atoms with Crippen molar-refractivity contribution in [1.29, 1.82) is 0 Å². The lowest BCUT2D eigenvalue weighted by molar-refractivity contribution is 0.800. The Kier molecular flexibility index (Phi) is 3.23. The van der Waals surface area contributed by atoms with Crippen molar-refractivity contribution in [2.75, 3.05) is 0 Å². The van der Waals surface area contributed by atoms with Crippen LogP contribution in [0.1, 0.15) is 20.8 Å². The first-order chi connectivity index (χ1) is 3.25. The molecule has 0 bridgehead atoms. The van der Waals surface area contributed by atoms with Crippen molar-refractivity contribution in [3.05, 3.63) is 0 Å². The Morgan fingerprint density at radius 1 is 1.25 bits per heavy atom. The second kappa shape index (κ2) is 2.69. The zero-order chi connectivity index (χ0) is 7.00. The maximum atomic E-state index is 5.17. The van der Waals surface area contributed by atoms with E-state index in [4.69, 9.17) is 11.8 Å². The zero-order valence-corrected chi connectivity index (χ0v) is 9.99. The first kappa shape index (κ1) is 9.61. The highest BCUT2D eigenvalue weighted by atomic mass is 79.9. The van der Waals surface area contributed by atoms with Gasteiger partial charge in [0.15, 0.2) is 0 Å². The quantitative estimate of drug-likeness (QED) is 0.607. The Morgan fingerprint density at radius 2 is 1.38 bits per heavy atom. The highest BCUT2D eigenvalue weighted by molar-refractivity contribution is 9.74. The molecule has 0 aliphatic carbocycles. The van der Waals surface area contributed by atoms with E-state index in [-0.39, 0.29) is 5.16 Å². The van der Waals surface area contributed by atoms with Gasteiger partial charge in [0, 0.05) is 5.16 Å². The van der Waals surface area contributed by atoms with Crippen molar-refractivity contribution in [2.45, 2.75) is 25.9 Å². The average Bonchev–Trinajstić information content (AvgIpc) is 1.25. The van der Waals surface area contributed by atoms with Gasteiger partial charge in [0.25, 0.3) is 0 Å². The van der Waals surface area contributed by atoms with Gasteiger partial charge in [-0.1, -0.05) is 32.6 Å². The number of hydrogen-bond donors (Lipinski definition) is 0. The van der Waals surface area contributed by atoms with Crippen LogP contribution in [-0.4, -0.2) is 5.16 Å². The first-order valence-corrected chi connectivity index (χ1v) is 9.08. The molecule has 0 unspecified atom stereocenters. The topological polar surface area (TPSA) is 0 Å². The molecular weight excluding hydrogens is 271 g/mol. The molecule has 0 atom stereocenters. The third-order valence-corrected chi connectivity index (χ3v) is 10.4. The first-order valence-electron chi connectivity index (χ1n) is 2.24. The second-order valence-electron chi connectivity index (χ2n) is 2.63. The summed E-state index contributed by atoms with van der Waals surface area (Å²) < 4.78 is -1.39. The van der Waals surface area contributed by atoms with Crippen molar-refractivity contribution >= 4 is 46.2 Å². The van der Waals surface area contributed by atoms with Gasteiger partial charge in [0.2, 0.25) is 0 Å². The summed E-state index contributed by atoms with van der Waals surface area (Å²) in [5.74, 6) is 0. The van der Waals surface area contributed by atoms with Crippen LogP contribution < -0.4 is 0 Å². The number of halogens is 2. The third kappa shape index (κ3) is 2.95. The Labute approximate surface area is 71.9 Å². The van der Waals surface area contributed by atoms with Crippen molar-refractivity contribution < 1.29 is 0 Å². The van der Waals surface area contributed by atoms with E-state index in [2.05, 4.69) is 51.7 Å². The molecule has 0 spiro atoms. The lowest BCUT2D eigenvalue weighted by Gasteiger charge is -2.23. The fourth-order valence-electron chi connectivity index (χ4n) is 0. The van der Waals surface area contributed by atoms with E-state index < -0.39 is 3.44 Å². The normalized spacial score (nSPS) is 14.1. The van der Waals surface area contributed by atoms with Gasteiger partial charge < -0.3 is 0 Å². The Bertz CT molecular complexity index is 120. The second-order valence-corrected chi connectivity index (χ2v) is 18.6. The molecule has 0 saturated heterocycles. The lowest BCUT2D eigenvalue weighted by atomic mass is 10.3. The van der Waals surface area contributed by atoms with Gasteiger partial charge in [-0.3, -0.25) is 0 Å². The monoisotopic (exact) mass is 278 g/mol. The predicted molar refractivity (Wildman–Crippen MR) is 51.9 cm³/mol. The maximum absolute atomic E-state index is 5.17. The summed E-state index contributed by atoms with van der Waals surface area (Å²) in [5.41, 5.74) is 0. The van der Waals surface area contributed by atoms with E-state index in [0.29, 0.717) is 0 Å². The van der Waals surface area contributed by atoms with Crippen LogP contribution in [-0.2, 0) is 11.8 Å². The summed E-state index contributed by atoms with van der Waals surface area (Å²) in [4.78, 5) is 0. The maximum Gasteiger partial charge on any atom is 0.0817 e. The number of rotatable bonds is 0. The van der Waals surface area contributed by atoms with Crippen molar-refractivity contribution in [2.24, 2.45) is 0 Å². The average molecular weight is 280 g/mol. The van der Waals surface area contributed by atoms with E-state index in [1.807, 2.05) is 0 Å². The summed E-state index contributed by atoms with van der Waals surface area (Å²) >= 11 is 12.0. The minimum absolute atomic E-state index is 0.197. The van der Waals surface area contributed by atoms with E-state index in [1.165, 1.54) is 0 Å². The van der Waals surface area contributed by atoms with Gasteiger partial charge in [-0.2, -0.15) is 0 Å². The van der Waals surface area contributed by atoms with Gasteiger partial charge in [0.05, 0.1) is 3.44 Å². The molecule has 0 saturated carbocycles. The van der Waals surface area contributed by atoms with Crippen LogP contribution in [0.4, 0.5) is 0 Å². The lowest BCUT2D eigenvalue weighted by Crippen LogP contribution is -2.06. The summed E-state index contributed by atoms with van der Waals surface area (Å²) in [7, 11) is 0. The van der Waals surface area contributed by atoms with Crippen LogP contribution in [0.15, 0.2) is 0 Å². The summed E-state index contributed by atoms with van der Waals surface area (Å²) in [6, 6.07) is 0. The van der Waals surface area contributed by atoms with E-state index in [1.54, 1.807) is 0 Å². The summed E-state index contributed by atoms with van der Waals surface area (Å²) in [5, 5.41) is 0.197. The van der Waals surface area contributed by atoms with Crippen LogP contribution in [0.3, 0.4) is 0 Å². The Balaban J connectivity index is 4.26. The third-order valence-electron chi connectivity index (χ3n) is 0.781. The largest absolute Gasteiger partial charge is 0.0817 e. The minimum atomic E-state index is -1.39. The fraction of sp³-hybridized carbons (Fsp3) is 1.00. The van der Waals surface area contributed by atoms with Crippen molar-refractivity contribution in [3.63, 3.8) is 0 Å².